The number of primary amides is 2. The molecule has 0 saturated heterocycles. The predicted molar refractivity (Wildman–Crippen MR) is 106 cm³/mol. The van der Waals surface area contributed by atoms with Crippen molar-refractivity contribution in [2.45, 2.75) is 12.3 Å². The third-order valence-corrected chi connectivity index (χ3v) is 4.57. The molecular weight excluding hydrogens is 493 g/mol. The van der Waals surface area contributed by atoms with Crippen LogP contribution in [0.2, 0.25) is 5.22 Å². The number of carbonyl (C=O) groups excluding carboxylic acids is 2. The number of nitrogens with zero attached hydrogens (tertiary/aromatic N) is 1. The molecule has 4 N–H and O–H groups in total. The largest absolute Gasteiger partial charge is 0.474 e. The van der Waals surface area contributed by atoms with Crippen molar-refractivity contribution in [2.24, 2.45) is 11.5 Å². The minimum Gasteiger partial charge on any atom is -0.474 e. The van der Waals surface area contributed by atoms with Gasteiger partial charge in [0.05, 0.1) is 5.56 Å². The Balaban J connectivity index is 1.97. The van der Waals surface area contributed by atoms with Gasteiger partial charge in [-0.1, -0.05) is 12.1 Å². The lowest BCUT2D eigenvalue weighted by atomic mass is 10.1. The molecule has 2 aromatic carbocycles. The van der Waals surface area contributed by atoms with E-state index in [1.807, 2.05) is 0 Å². The van der Waals surface area contributed by atoms with Crippen LogP contribution in [-0.4, -0.2) is 23.6 Å². The Labute approximate surface area is 192 Å². The van der Waals surface area contributed by atoms with E-state index < -0.39 is 65.3 Å². The average Bonchev–Trinajstić information content (AvgIpc) is 3.13. The van der Waals surface area contributed by atoms with E-state index in [0.29, 0.717) is 6.07 Å². The maximum Gasteiger partial charge on any atom is 0.416 e. The lowest BCUT2D eigenvalue weighted by Gasteiger charge is -2.17. The molecule has 0 aliphatic carbocycles. The van der Waals surface area contributed by atoms with E-state index in [9.17, 15) is 31.5 Å². The van der Waals surface area contributed by atoms with Gasteiger partial charge in [0.15, 0.2) is 11.6 Å². The normalized spacial score (nSPS) is 12.3. The standard InChI is InChI=1S/C20H13ClF5N3O5/c21-16-15(8-1-3-9(4-2-8)20(24,25)26)29-18(34-16)12(7-32-19(28)31)33-11-6-5-10(22)13(14(11)23)17(27)30/h1-6,12H,7H2,(H2,27,30)(H2,28,31). The number of aromatic nitrogens is 1. The summed E-state index contributed by atoms with van der Waals surface area (Å²) in [5, 5.41) is -0.375. The fourth-order valence-corrected chi connectivity index (χ4v) is 3.00. The van der Waals surface area contributed by atoms with Gasteiger partial charge in [0.2, 0.25) is 17.2 Å². The van der Waals surface area contributed by atoms with Gasteiger partial charge in [0, 0.05) is 5.56 Å². The van der Waals surface area contributed by atoms with Crippen molar-refractivity contribution in [3.05, 3.63) is 70.3 Å². The molecule has 34 heavy (non-hydrogen) atoms. The molecule has 3 aromatic rings. The molecule has 0 spiro atoms. The van der Waals surface area contributed by atoms with Crippen LogP contribution < -0.4 is 16.2 Å². The van der Waals surface area contributed by atoms with Crippen LogP contribution in [0.4, 0.5) is 26.7 Å². The minimum absolute atomic E-state index is 0.101. The van der Waals surface area contributed by atoms with Gasteiger partial charge in [-0.2, -0.15) is 13.2 Å². The summed E-state index contributed by atoms with van der Waals surface area (Å²) in [5.74, 6) is -5.18. The Kier molecular flexibility index (Phi) is 6.96. The van der Waals surface area contributed by atoms with E-state index in [-0.39, 0.29) is 16.5 Å². The molecule has 180 valence electrons. The van der Waals surface area contributed by atoms with Crippen LogP contribution in [0.15, 0.2) is 40.8 Å². The fourth-order valence-electron chi connectivity index (χ4n) is 2.77. The molecule has 14 heteroatoms. The number of nitrogens with two attached hydrogens (primary N) is 2. The van der Waals surface area contributed by atoms with Crippen LogP contribution in [0.25, 0.3) is 11.3 Å². The molecule has 1 atom stereocenters. The second-order valence-corrected chi connectivity index (χ2v) is 6.93. The smallest absolute Gasteiger partial charge is 0.416 e. The zero-order valence-electron chi connectivity index (χ0n) is 16.7. The van der Waals surface area contributed by atoms with Gasteiger partial charge in [-0.05, 0) is 35.9 Å². The van der Waals surface area contributed by atoms with Crippen LogP contribution in [0.1, 0.15) is 27.9 Å². The zero-order chi connectivity index (χ0) is 25.2. The van der Waals surface area contributed by atoms with Crippen molar-refractivity contribution in [2.75, 3.05) is 6.61 Å². The SMILES string of the molecule is NC(=O)OCC(Oc1ccc(F)c(C(N)=O)c1F)c1nc(-c2ccc(C(F)(F)F)cc2)c(Cl)o1. The first kappa shape index (κ1) is 24.8. The lowest BCUT2D eigenvalue weighted by Crippen LogP contribution is -2.22. The molecule has 1 heterocycles. The van der Waals surface area contributed by atoms with Crippen LogP contribution in [0, 0.1) is 11.6 Å². The van der Waals surface area contributed by atoms with E-state index >= 15 is 0 Å². The molecule has 3 rings (SSSR count). The maximum atomic E-state index is 14.6. The second kappa shape index (κ2) is 9.55. The van der Waals surface area contributed by atoms with E-state index in [1.165, 1.54) is 0 Å². The number of hydrogen-bond donors (Lipinski definition) is 2. The monoisotopic (exact) mass is 505 g/mol. The molecule has 0 fully saturated rings. The van der Waals surface area contributed by atoms with Gasteiger partial charge in [0.1, 0.15) is 23.7 Å². The first-order valence-corrected chi connectivity index (χ1v) is 9.46. The van der Waals surface area contributed by atoms with Gasteiger partial charge in [-0.25, -0.2) is 18.6 Å². The second-order valence-electron chi connectivity index (χ2n) is 6.58. The Morgan fingerprint density at radius 1 is 1.09 bits per heavy atom. The Hall–Kier alpha value is -3.87. The molecule has 1 aromatic heterocycles. The summed E-state index contributed by atoms with van der Waals surface area (Å²) in [6.45, 7) is -0.693. The molecule has 0 saturated carbocycles. The van der Waals surface area contributed by atoms with Crippen molar-refractivity contribution in [1.29, 1.82) is 0 Å². The van der Waals surface area contributed by atoms with Crippen LogP contribution >= 0.6 is 11.6 Å². The zero-order valence-corrected chi connectivity index (χ0v) is 17.4. The highest BCUT2D eigenvalue weighted by Gasteiger charge is 2.31. The summed E-state index contributed by atoms with van der Waals surface area (Å²) in [6.07, 6.45) is -7.33. The third-order valence-electron chi connectivity index (χ3n) is 4.31. The highest BCUT2D eigenvalue weighted by atomic mass is 35.5. The van der Waals surface area contributed by atoms with Crippen LogP contribution in [0.5, 0.6) is 5.75 Å². The minimum atomic E-state index is -4.56. The fraction of sp³-hybridized carbons (Fsp3) is 0.150. The molecule has 8 nitrogen and oxygen atoms in total. The number of halogens is 6. The number of ether oxygens (including phenoxy) is 2. The number of benzene rings is 2. The number of carbonyl (C=O) groups is 2. The Bertz CT molecular complexity index is 1230. The highest BCUT2D eigenvalue weighted by Crippen LogP contribution is 2.35. The van der Waals surface area contributed by atoms with Crippen LogP contribution in [-0.2, 0) is 10.9 Å². The number of alkyl halides is 3. The lowest BCUT2D eigenvalue weighted by molar-refractivity contribution is -0.137. The van der Waals surface area contributed by atoms with Crippen molar-refractivity contribution in [3.8, 4) is 17.0 Å². The van der Waals surface area contributed by atoms with Gasteiger partial charge in [-0.3, -0.25) is 4.79 Å². The van der Waals surface area contributed by atoms with Crippen molar-refractivity contribution in [1.82, 2.24) is 4.98 Å². The maximum absolute atomic E-state index is 14.6. The summed E-state index contributed by atoms with van der Waals surface area (Å²) in [4.78, 5) is 26.4. The van der Waals surface area contributed by atoms with E-state index in [4.69, 9.17) is 32.2 Å². The first-order chi connectivity index (χ1) is 15.9. The van der Waals surface area contributed by atoms with Gasteiger partial charge in [-0.15, -0.1) is 0 Å². The Morgan fingerprint density at radius 3 is 2.29 bits per heavy atom. The number of oxazole rings is 1. The molecule has 0 radical (unpaired) electrons. The van der Waals surface area contributed by atoms with E-state index in [0.717, 1.165) is 30.3 Å². The van der Waals surface area contributed by atoms with E-state index in [2.05, 4.69) is 9.72 Å². The number of amides is 2. The topological polar surface area (TPSA) is 131 Å². The summed E-state index contributed by atoms with van der Waals surface area (Å²) < 4.78 is 81.9. The van der Waals surface area contributed by atoms with Gasteiger partial charge in [0.25, 0.3) is 5.91 Å². The van der Waals surface area contributed by atoms with Crippen molar-refractivity contribution >= 4 is 23.6 Å². The Morgan fingerprint density at radius 2 is 1.74 bits per heavy atom. The van der Waals surface area contributed by atoms with Crippen molar-refractivity contribution in [3.63, 3.8) is 0 Å². The van der Waals surface area contributed by atoms with Crippen LogP contribution in [0.3, 0.4) is 0 Å². The highest BCUT2D eigenvalue weighted by molar-refractivity contribution is 6.31. The van der Waals surface area contributed by atoms with Crippen molar-refractivity contribution < 1.29 is 45.4 Å². The first-order valence-electron chi connectivity index (χ1n) is 9.09. The quantitative estimate of drug-likeness (QED) is 0.451. The van der Waals surface area contributed by atoms with E-state index in [1.54, 1.807) is 0 Å². The molecular formula is C20H13ClF5N3O5. The summed E-state index contributed by atoms with van der Waals surface area (Å²) in [6, 6.07) is 5.30. The molecule has 0 bridgehead atoms. The summed E-state index contributed by atoms with van der Waals surface area (Å²) >= 11 is 6.01. The molecule has 0 aliphatic rings. The third kappa shape index (κ3) is 5.36. The van der Waals surface area contributed by atoms with Gasteiger partial charge >= 0.3 is 12.3 Å². The molecule has 0 aliphatic heterocycles. The number of hydrogen-bond acceptors (Lipinski definition) is 6. The predicted octanol–water partition coefficient (Wildman–Crippen LogP) is 4.61. The average molecular weight is 506 g/mol. The summed E-state index contributed by atoms with van der Waals surface area (Å²) in [5.41, 5.74) is 7.94. The van der Waals surface area contributed by atoms with Gasteiger partial charge < -0.3 is 25.4 Å². The molecule has 1 unspecified atom stereocenters. The number of rotatable bonds is 7. The summed E-state index contributed by atoms with van der Waals surface area (Å²) in [7, 11) is 0. The molecule has 2 amide bonds.